The SMILES string of the molecule is Cc1ccoc1-c1nnnn1C(CC(=O)O)C(C)C. The molecule has 0 aliphatic rings. The molecule has 2 aromatic heterocycles. The lowest BCUT2D eigenvalue weighted by atomic mass is 10.0. The van der Waals surface area contributed by atoms with Gasteiger partial charge in [0.15, 0.2) is 5.76 Å². The second-order valence-electron chi connectivity index (χ2n) is 4.79. The molecular formula is C12H16N4O3. The molecule has 7 heteroatoms. The van der Waals surface area contributed by atoms with E-state index in [0.717, 1.165) is 5.56 Å². The predicted octanol–water partition coefficient (Wildman–Crippen LogP) is 1.91. The lowest BCUT2D eigenvalue weighted by Crippen LogP contribution is -2.21. The zero-order chi connectivity index (χ0) is 14.0. The van der Waals surface area contributed by atoms with Crippen molar-refractivity contribution >= 4 is 5.97 Å². The quantitative estimate of drug-likeness (QED) is 0.886. The van der Waals surface area contributed by atoms with Gasteiger partial charge in [-0.2, -0.15) is 0 Å². The van der Waals surface area contributed by atoms with Gasteiger partial charge in [-0.15, -0.1) is 5.10 Å². The number of aliphatic carboxylic acids is 1. The van der Waals surface area contributed by atoms with Gasteiger partial charge in [0.2, 0.25) is 5.82 Å². The van der Waals surface area contributed by atoms with Crippen LogP contribution in [0.25, 0.3) is 11.6 Å². The highest BCUT2D eigenvalue weighted by molar-refractivity contribution is 5.67. The number of aryl methyl sites for hydroxylation is 1. The average molecular weight is 264 g/mol. The van der Waals surface area contributed by atoms with Gasteiger partial charge in [0.25, 0.3) is 0 Å². The second kappa shape index (κ2) is 5.21. The minimum atomic E-state index is -0.878. The first-order valence-electron chi connectivity index (χ1n) is 6.04. The van der Waals surface area contributed by atoms with Crippen molar-refractivity contribution in [3.63, 3.8) is 0 Å². The average Bonchev–Trinajstić information content (AvgIpc) is 2.93. The number of tetrazole rings is 1. The van der Waals surface area contributed by atoms with Crippen LogP contribution < -0.4 is 0 Å². The van der Waals surface area contributed by atoms with Crippen LogP contribution in [-0.2, 0) is 4.79 Å². The molecule has 0 saturated heterocycles. The molecule has 0 amide bonds. The molecule has 0 radical (unpaired) electrons. The van der Waals surface area contributed by atoms with Gasteiger partial charge < -0.3 is 9.52 Å². The van der Waals surface area contributed by atoms with Crippen molar-refractivity contribution in [3.8, 4) is 11.6 Å². The Hall–Kier alpha value is -2.18. The summed E-state index contributed by atoms with van der Waals surface area (Å²) in [5, 5.41) is 20.5. The summed E-state index contributed by atoms with van der Waals surface area (Å²) in [6.07, 6.45) is 1.53. The van der Waals surface area contributed by atoms with Gasteiger partial charge in [0.1, 0.15) is 0 Å². The summed E-state index contributed by atoms with van der Waals surface area (Å²) < 4.78 is 6.91. The highest BCUT2D eigenvalue weighted by Crippen LogP contribution is 2.28. The first-order valence-corrected chi connectivity index (χ1v) is 6.04. The molecule has 102 valence electrons. The van der Waals surface area contributed by atoms with E-state index in [1.807, 2.05) is 26.8 Å². The molecule has 0 spiro atoms. The summed E-state index contributed by atoms with van der Waals surface area (Å²) in [5.41, 5.74) is 0.911. The molecule has 0 aliphatic carbocycles. The fraction of sp³-hybridized carbons (Fsp3) is 0.500. The lowest BCUT2D eigenvalue weighted by molar-refractivity contribution is -0.138. The Balaban J connectivity index is 2.42. The van der Waals surface area contributed by atoms with Crippen molar-refractivity contribution in [2.24, 2.45) is 5.92 Å². The van der Waals surface area contributed by atoms with E-state index in [1.54, 1.807) is 6.26 Å². The number of furan rings is 1. The molecule has 1 atom stereocenters. The minimum Gasteiger partial charge on any atom is -0.481 e. The maximum Gasteiger partial charge on any atom is 0.305 e. The molecule has 7 nitrogen and oxygen atoms in total. The Labute approximate surface area is 110 Å². The fourth-order valence-corrected chi connectivity index (χ4v) is 1.95. The summed E-state index contributed by atoms with van der Waals surface area (Å²) in [6, 6.07) is 1.50. The summed E-state index contributed by atoms with van der Waals surface area (Å²) in [5.74, 6) is 0.244. The second-order valence-corrected chi connectivity index (χ2v) is 4.79. The van der Waals surface area contributed by atoms with Crippen LogP contribution in [-0.4, -0.2) is 31.3 Å². The van der Waals surface area contributed by atoms with E-state index < -0.39 is 5.97 Å². The molecule has 0 fully saturated rings. The van der Waals surface area contributed by atoms with Gasteiger partial charge in [0.05, 0.1) is 18.7 Å². The topological polar surface area (TPSA) is 94.0 Å². The molecule has 0 aromatic carbocycles. The summed E-state index contributed by atoms with van der Waals surface area (Å²) in [4.78, 5) is 11.0. The Kier molecular flexibility index (Phi) is 3.64. The van der Waals surface area contributed by atoms with Crippen LogP contribution in [0, 0.1) is 12.8 Å². The van der Waals surface area contributed by atoms with Crippen LogP contribution in [0.15, 0.2) is 16.7 Å². The molecule has 1 N–H and O–H groups in total. The molecule has 19 heavy (non-hydrogen) atoms. The Bertz CT molecular complexity index is 573. The maximum atomic E-state index is 11.0. The van der Waals surface area contributed by atoms with Crippen LogP contribution in [0.5, 0.6) is 0 Å². The van der Waals surface area contributed by atoms with E-state index in [0.29, 0.717) is 11.6 Å². The lowest BCUT2D eigenvalue weighted by Gasteiger charge is -2.19. The molecule has 0 saturated carbocycles. The van der Waals surface area contributed by atoms with E-state index >= 15 is 0 Å². The monoisotopic (exact) mass is 264 g/mol. The number of hydrogen-bond acceptors (Lipinski definition) is 5. The van der Waals surface area contributed by atoms with Crippen molar-refractivity contribution in [1.29, 1.82) is 0 Å². The normalized spacial score (nSPS) is 12.8. The van der Waals surface area contributed by atoms with E-state index in [1.165, 1.54) is 4.68 Å². The van der Waals surface area contributed by atoms with Gasteiger partial charge in [0, 0.05) is 0 Å². The number of hydrogen-bond donors (Lipinski definition) is 1. The van der Waals surface area contributed by atoms with Crippen molar-refractivity contribution in [2.75, 3.05) is 0 Å². The van der Waals surface area contributed by atoms with Crippen LogP contribution in [0.1, 0.15) is 31.9 Å². The standard InChI is InChI=1S/C12H16N4O3/c1-7(2)9(6-10(17)18)16-12(13-14-15-16)11-8(3)4-5-19-11/h4-5,7,9H,6H2,1-3H3,(H,17,18). The summed E-state index contributed by atoms with van der Waals surface area (Å²) in [7, 11) is 0. The van der Waals surface area contributed by atoms with Gasteiger partial charge in [-0.3, -0.25) is 4.79 Å². The first-order chi connectivity index (χ1) is 9.00. The number of carbonyl (C=O) groups is 1. The summed E-state index contributed by atoms with van der Waals surface area (Å²) in [6.45, 7) is 5.77. The zero-order valence-corrected chi connectivity index (χ0v) is 11.1. The smallest absolute Gasteiger partial charge is 0.305 e. The van der Waals surface area contributed by atoms with Crippen molar-refractivity contribution in [2.45, 2.75) is 33.2 Å². The number of aromatic nitrogens is 4. The highest BCUT2D eigenvalue weighted by Gasteiger charge is 2.25. The van der Waals surface area contributed by atoms with Crippen molar-refractivity contribution in [1.82, 2.24) is 20.2 Å². The van der Waals surface area contributed by atoms with Gasteiger partial charge in [-0.05, 0) is 34.9 Å². The predicted molar refractivity (Wildman–Crippen MR) is 66.4 cm³/mol. The molecule has 1 unspecified atom stereocenters. The van der Waals surface area contributed by atoms with E-state index in [2.05, 4.69) is 15.5 Å². The van der Waals surface area contributed by atoms with Crippen molar-refractivity contribution in [3.05, 3.63) is 17.9 Å². The molecule has 0 bridgehead atoms. The third-order valence-electron chi connectivity index (χ3n) is 3.03. The van der Waals surface area contributed by atoms with Gasteiger partial charge in [-0.25, -0.2) is 4.68 Å². The van der Waals surface area contributed by atoms with Gasteiger partial charge in [-0.1, -0.05) is 13.8 Å². The van der Waals surface area contributed by atoms with Crippen LogP contribution in [0.4, 0.5) is 0 Å². The van der Waals surface area contributed by atoms with Crippen molar-refractivity contribution < 1.29 is 14.3 Å². The highest BCUT2D eigenvalue weighted by atomic mass is 16.4. The first kappa shape index (κ1) is 13.3. The van der Waals surface area contributed by atoms with E-state index in [-0.39, 0.29) is 18.4 Å². The van der Waals surface area contributed by atoms with Gasteiger partial charge >= 0.3 is 5.97 Å². The minimum absolute atomic E-state index is 0.0323. The number of rotatable bonds is 5. The molecular weight excluding hydrogens is 248 g/mol. The van der Waals surface area contributed by atoms with E-state index in [9.17, 15) is 4.79 Å². The third kappa shape index (κ3) is 2.64. The fourth-order valence-electron chi connectivity index (χ4n) is 1.95. The van der Waals surface area contributed by atoms with Crippen LogP contribution in [0.2, 0.25) is 0 Å². The number of carboxylic acid groups (broad SMARTS) is 1. The zero-order valence-electron chi connectivity index (χ0n) is 11.1. The molecule has 2 rings (SSSR count). The molecule has 2 aromatic rings. The third-order valence-corrected chi connectivity index (χ3v) is 3.03. The largest absolute Gasteiger partial charge is 0.481 e. The molecule has 0 aliphatic heterocycles. The number of carboxylic acids is 1. The van der Waals surface area contributed by atoms with E-state index in [4.69, 9.17) is 9.52 Å². The number of nitrogens with zero attached hydrogens (tertiary/aromatic N) is 4. The maximum absolute atomic E-state index is 11.0. The Morgan fingerprint density at radius 1 is 1.53 bits per heavy atom. The summed E-state index contributed by atoms with van der Waals surface area (Å²) >= 11 is 0. The van der Waals surface area contributed by atoms with Crippen LogP contribution >= 0.6 is 0 Å². The Morgan fingerprint density at radius 2 is 2.26 bits per heavy atom. The Morgan fingerprint density at radius 3 is 2.79 bits per heavy atom. The molecule has 2 heterocycles. The van der Waals surface area contributed by atoms with Crippen LogP contribution in [0.3, 0.4) is 0 Å².